The van der Waals surface area contributed by atoms with E-state index in [1.165, 1.54) is 18.5 Å². The quantitative estimate of drug-likeness (QED) is 0.761. The van der Waals surface area contributed by atoms with E-state index < -0.39 is 15.8 Å². The molecule has 1 saturated heterocycles. The third kappa shape index (κ3) is 2.75. The number of aromatic nitrogens is 2. The van der Waals surface area contributed by atoms with Crippen LogP contribution in [-0.4, -0.2) is 43.6 Å². The monoisotopic (exact) mass is 374 g/mol. The van der Waals surface area contributed by atoms with Crippen LogP contribution in [0.15, 0.2) is 47.6 Å². The summed E-state index contributed by atoms with van der Waals surface area (Å²) in [7, 11) is -4.07. The first kappa shape index (κ1) is 17.0. The number of nitrogens with one attached hydrogen (secondary N) is 1. The lowest BCUT2D eigenvalue weighted by Crippen LogP contribution is -2.43. The first-order valence-electron chi connectivity index (χ1n) is 8.42. The van der Waals surface area contributed by atoms with Gasteiger partial charge in [0.15, 0.2) is 0 Å². The largest absolute Gasteiger partial charge is 0.367 e. The first-order valence-corrected chi connectivity index (χ1v) is 9.86. The van der Waals surface area contributed by atoms with Crippen molar-refractivity contribution in [3.8, 4) is 0 Å². The lowest BCUT2D eigenvalue weighted by Gasteiger charge is -2.29. The number of rotatable bonds is 3. The van der Waals surface area contributed by atoms with E-state index in [4.69, 9.17) is 0 Å². The molecule has 0 radical (unpaired) electrons. The topological polar surface area (TPSA) is 67.2 Å². The number of halogens is 1. The van der Waals surface area contributed by atoms with Gasteiger partial charge < -0.3 is 10.2 Å². The lowest BCUT2D eigenvalue weighted by molar-refractivity contribution is 0.561. The maximum Gasteiger partial charge on any atom is 0.272 e. The molecule has 4 rings (SSSR count). The molecule has 2 aromatic carbocycles. The van der Waals surface area contributed by atoms with E-state index in [0.717, 1.165) is 35.8 Å². The van der Waals surface area contributed by atoms with E-state index in [1.807, 2.05) is 6.07 Å². The van der Waals surface area contributed by atoms with E-state index in [2.05, 4.69) is 15.2 Å². The zero-order valence-electron chi connectivity index (χ0n) is 14.3. The highest BCUT2D eigenvalue weighted by molar-refractivity contribution is 7.90. The normalized spacial score (nSPS) is 15.5. The molecule has 2 heterocycles. The summed E-state index contributed by atoms with van der Waals surface area (Å²) in [4.78, 5) is 6.17. The van der Waals surface area contributed by atoms with Gasteiger partial charge in [-0.2, -0.15) is 0 Å². The van der Waals surface area contributed by atoms with Gasteiger partial charge in [0.25, 0.3) is 10.0 Å². The van der Waals surface area contributed by atoms with Crippen LogP contribution in [0.1, 0.15) is 5.56 Å². The number of hydrogen-bond donors (Lipinski definition) is 1. The fourth-order valence-electron chi connectivity index (χ4n) is 3.27. The second kappa shape index (κ2) is 6.37. The molecular formula is C18H19FN4O2S. The summed E-state index contributed by atoms with van der Waals surface area (Å²) in [6.07, 6.45) is 1.26. The highest BCUT2D eigenvalue weighted by Gasteiger charge is 2.25. The minimum Gasteiger partial charge on any atom is -0.367 e. The van der Waals surface area contributed by atoms with Crippen LogP contribution in [0.5, 0.6) is 0 Å². The van der Waals surface area contributed by atoms with Gasteiger partial charge in [0, 0.05) is 26.2 Å². The number of benzene rings is 2. The smallest absolute Gasteiger partial charge is 0.272 e. The number of piperazine rings is 1. The molecule has 1 aliphatic heterocycles. The summed E-state index contributed by atoms with van der Waals surface area (Å²) in [5.41, 5.74) is 2.62. The lowest BCUT2D eigenvalue weighted by atomic mass is 10.2. The molecule has 0 aliphatic carbocycles. The second-order valence-electron chi connectivity index (χ2n) is 6.36. The molecule has 8 heteroatoms. The van der Waals surface area contributed by atoms with Crippen molar-refractivity contribution in [1.82, 2.24) is 14.3 Å². The fraction of sp³-hybridized carbons (Fsp3) is 0.278. The number of hydrogen-bond acceptors (Lipinski definition) is 5. The Hall–Kier alpha value is -2.45. The highest BCUT2D eigenvalue weighted by atomic mass is 32.2. The van der Waals surface area contributed by atoms with Gasteiger partial charge in [-0.3, -0.25) is 0 Å². The van der Waals surface area contributed by atoms with Gasteiger partial charge in [0.05, 0.1) is 11.2 Å². The van der Waals surface area contributed by atoms with Crippen LogP contribution < -0.4 is 10.2 Å². The number of anilines is 1. The van der Waals surface area contributed by atoms with Crippen molar-refractivity contribution in [1.29, 1.82) is 0 Å². The fourth-order valence-corrected chi connectivity index (χ4v) is 4.71. The Morgan fingerprint density at radius 3 is 2.69 bits per heavy atom. The molecule has 0 saturated carbocycles. The molecule has 1 aromatic heterocycles. The molecule has 6 nitrogen and oxygen atoms in total. The summed E-state index contributed by atoms with van der Waals surface area (Å²) in [5.74, 6) is -0.768. The average Bonchev–Trinajstić information content (AvgIpc) is 3.09. The Balaban J connectivity index is 1.86. The van der Waals surface area contributed by atoms with Gasteiger partial charge in [0.2, 0.25) is 0 Å². The van der Waals surface area contributed by atoms with E-state index in [9.17, 15) is 12.8 Å². The minimum atomic E-state index is -4.07. The number of imidazole rings is 1. The Morgan fingerprint density at radius 2 is 1.92 bits per heavy atom. The van der Waals surface area contributed by atoms with Crippen LogP contribution in [0.4, 0.5) is 10.1 Å². The Kier molecular flexibility index (Phi) is 4.16. The van der Waals surface area contributed by atoms with Crippen molar-refractivity contribution in [2.24, 2.45) is 0 Å². The third-order valence-electron chi connectivity index (χ3n) is 4.60. The first-order chi connectivity index (χ1) is 12.5. The summed E-state index contributed by atoms with van der Waals surface area (Å²) in [6, 6.07) is 9.50. The molecule has 26 heavy (non-hydrogen) atoms. The van der Waals surface area contributed by atoms with E-state index in [1.54, 1.807) is 25.1 Å². The van der Waals surface area contributed by atoms with Crippen LogP contribution in [-0.2, 0) is 10.0 Å². The van der Waals surface area contributed by atoms with Gasteiger partial charge in [-0.05, 0) is 36.8 Å². The molecule has 1 fully saturated rings. The van der Waals surface area contributed by atoms with E-state index >= 15 is 0 Å². The molecule has 0 atom stereocenters. The SMILES string of the molecule is Cc1ccc(F)c(S(=O)(=O)n2cnc3c(N4CCNCC4)cccc32)c1. The number of fused-ring (bicyclic) bond motifs is 1. The molecule has 3 aromatic rings. The maximum absolute atomic E-state index is 14.2. The van der Waals surface area contributed by atoms with Gasteiger partial charge in [-0.15, -0.1) is 0 Å². The molecule has 1 N–H and O–H groups in total. The molecule has 0 amide bonds. The zero-order chi connectivity index (χ0) is 18.3. The van der Waals surface area contributed by atoms with Crippen molar-refractivity contribution in [2.45, 2.75) is 11.8 Å². The average molecular weight is 374 g/mol. The minimum absolute atomic E-state index is 0.343. The van der Waals surface area contributed by atoms with Crippen molar-refractivity contribution >= 4 is 26.7 Å². The van der Waals surface area contributed by atoms with Crippen molar-refractivity contribution in [3.63, 3.8) is 0 Å². The van der Waals surface area contributed by atoms with Crippen LogP contribution in [0.3, 0.4) is 0 Å². The molecule has 1 aliphatic rings. The predicted molar refractivity (Wildman–Crippen MR) is 98.5 cm³/mol. The Labute approximate surface area is 151 Å². The van der Waals surface area contributed by atoms with Crippen molar-refractivity contribution < 1.29 is 12.8 Å². The summed E-state index contributed by atoms with van der Waals surface area (Å²) >= 11 is 0. The van der Waals surface area contributed by atoms with Gasteiger partial charge in [-0.1, -0.05) is 12.1 Å². The Morgan fingerprint density at radius 1 is 1.15 bits per heavy atom. The van der Waals surface area contributed by atoms with Crippen LogP contribution in [0.25, 0.3) is 11.0 Å². The van der Waals surface area contributed by atoms with Gasteiger partial charge in [-0.25, -0.2) is 21.8 Å². The molecular weight excluding hydrogens is 355 g/mol. The van der Waals surface area contributed by atoms with Gasteiger partial charge in [0.1, 0.15) is 22.6 Å². The summed E-state index contributed by atoms with van der Waals surface area (Å²) in [6.45, 7) is 5.11. The van der Waals surface area contributed by atoms with Gasteiger partial charge >= 0.3 is 0 Å². The van der Waals surface area contributed by atoms with E-state index in [0.29, 0.717) is 16.6 Å². The van der Waals surface area contributed by atoms with Crippen LogP contribution in [0.2, 0.25) is 0 Å². The number of nitrogens with zero attached hydrogens (tertiary/aromatic N) is 3. The molecule has 0 bridgehead atoms. The van der Waals surface area contributed by atoms with Crippen LogP contribution in [0, 0.1) is 12.7 Å². The maximum atomic E-state index is 14.2. The van der Waals surface area contributed by atoms with Crippen molar-refractivity contribution in [3.05, 3.63) is 54.1 Å². The summed E-state index contributed by atoms with van der Waals surface area (Å²) < 4.78 is 41.3. The molecule has 136 valence electrons. The van der Waals surface area contributed by atoms with Crippen molar-refractivity contribution in [2.75, 3.05) is 31.1 Å². The Bertz CT molecular complexity index is 1070. The predicted octanol–water partition coefficient (Wildman–Crippen LogP) is 2.13. The molecule has 0 unspecified atom stereocenters. The number of aryl methyl sites for hydroxylation is 1. The number of para-hydroxylation sites is 1. The third-order valence-corrected chi connectivity index (χ3v) is 6.28. The van der Waals surface area contributed by atoms with Crippen LogP contribution >= 0.6 is 0 Å². The van der Waals surface area contributed by atoms with E-state index in [-0.39, 0.29) is 4.90 Å². The summed E-state index contributed by atoms with van der Waals surface area (Å²) in [5, 5.41) is 3.29. The molecule has 0 spiro atoms. The highest BCUT2D eigenvalue weighted by Crippen LogP contribution is 2.29. The second-order valence-corrected chi connectivity index (χ2v) is 8.14. The zero-order valence-corrected chi connectivity index (χ0v) is 15.1. The standard InChI is InChI=1S/C18H19FN4O2S/c1-13-5-6-14(19)17(11-13)26(24,25)23-12-21-18-15(3-2-4-16(18)23)22-9-7-20-8-10-22/h2-6,11-12,20H,7-10H2,1H3.